The first-order valence-corrected chi connectivity index (χ1v) is 9.18. The number of methoxy groups -OCH3 is 2. The minimum Gasteiger partial charge on any atom is -0.507 e. The van der Waals surface area contributed by atoms with Crippen LogP contribution in [0.1, 0.15) is 5.56 Å². The second-order valence-electron chi connectivity index (χ2n) is 6.56. The molecule has 0 bridgehead atoms. The standard InChI is InChI=1S/C22H25NO5/c1-26-12-10-23(11-13-27-2)15-19-20(24)9-8-17-14-18(22(25)28-21(17)19)16-6-4-3-5-7-16/h3-9,14,24H,10-13,15H2,1-2H3. The normalized spacial score (nSPS) is 11.4. The molecule has 3 aromatic rings. The van der Waals surface area contributed by atoms with Crippen molar-refractivity contribution in [2.75, 3.05) is 40.5 Å². The fourth-order valence-corrected chi connectivity index (χ4v) is 3.14. The molecule has 0 radical (unpaired) electrons. The number of fused-ring (bicyclic) bond motifs is 1. The van der Waals surface area contributed by atoms with Crippen molar-refractivity contribution in [2.24, 2.45) is 0 Å². The predicted octanol–water partition coefficient (Wildman–Crippen LogP) is 3.26. The van der Waals surface area contributed by atoms with Crippen molar-refractivity contribution in [3.05, 3.63) is 64.5 Å². The van der Waals surface area contributed by atoms with E-state index in [-0.39, 0.29) is 5.75 Å². The fourth-order valence-electron chi connectivity index (χ4n) is 3.14. The maximum Gasteiger partial charge on any atom is 0.344 e. The van der Waals surface area contributed by atoms with Crippen molar-refractivity contribution >= 4 is 11.0 Å². The summed E-state index contributed by atoms with van der Waals surface area (Å²) in [5, 5.41) is 11.2. The van der Waals surface area contributed by atoms with Gasteiger partial charge in [-0.2, -0.15) is 0 Å². The van der Waals surface area contributed by atoms with Gasteiger partial charge in [0.05, 0.1) is 24.3 Å². The monoisotopic (exact) mass is 383 g/mol. The summed E-state index contributed by atoms with van der Waals surface area (Å²) < 4.78 is 16.0. The van der Waals surface area contributed by atoms with Gasteiger partial charge in [-0.25, -0.2) is 4.79 Å². The van der Waals surface area contributed by atoms with Crippen LogP contribution in [0, 0.1) is 0 Å². The molecular weight excluding hydrogens is 358 g/mol. The summed E-state index contributed by atoms with van der Waals surface area (Å²) >= 11 is 0. The maximum atomic E-state index is 12.6. The van der Waals surface area contributed by atoms with Crippen molar-refractivity contribution in [1.29, 1.82) is 0 Å². The van der Waals surface area contributed by atoms with Gasteiger partial charge in [0.25, 0.3) is 0 Å². The van der Waals surface area contributed by atoms with Gasteiger partial charge in [0.15, 0.2) is 0 Å². The molecule has 1 N–H and O–H groups in total. The number of phenols is 1. The highest BCUT2D eigenvalue weighted by Gasteiger charge is 2.16. The molecule has 1 heterocycles. The third-order valence-electron chi connectivity index (χ3n) is 4.67. The molecule has 1 aromatic heterocycles. The van der Waals surface area contributed by atoms with Gasteiger partial charge >= 0.3 is 5.63 Å². The highest BCUT2D eigenvalue weighted by Crippen LogP contribution is 2.30. The van der Waals surface area contributed by atoms with Crippen LogP contribution >= 0.6 is 0 Å². The molecule has 3 rings (SSSR count). The van der Waals surface area contributed by atoms with Gasteiger partial charge < -0.3 is 19.0 Å². The van der Waals surface area contributed by atoms with E-state index in [0.29, 0.717) is 49.6 Å². The molecule has 6 heteroatoms. The number of ether oxygens (including phenoxy) is 2. The Morgan fingerprint density at radius 3 is 2.32 bits per heavy atom. The zero-order chi connectivity index (χ0) is 19.9. The minimum atomic E-state index is -0.425. The Labute approximate surface area is 163 Å². The van der Waals surface area contributed by atoms with E-state index in [1.165, 1.54) is 0 Å². The van der Waals surface area contributed by atoms with Crippen LogP contribution in [0.3, 0.4) is 0 Å². The first-order valence-electron chi connectivity index (χ1n) is 9.18. The van der Waals surface area contributed by atoms with Crippen LogP contribution in [0.2, 0.25) is 0 Å². The van der Waals surface area contributed by atoms with E-state index in [9.17, 15) is 9.90 Å². The molecular formula is C22H25NO5. The molecule has 0 fully saturated rings. The zero-order valence-electron chi connectivity index (χ0n) is 16.2. The van der Waals surface area contributed by atoms with Crippen molar-refractivity contribution in [1.82, 2.24) is 4.90 Å². The lowest BCUT2D eigenvalue weighted by atomic mass is 10.0. The summed E-state index contributed by atoms with van der Waals surface area (Å²) in [5.74, 6) is 0.0999. The number of aromatic hydroxyl groups is 1. The van der Waals surface area contributed by atoms with Crippen molar-refractivity contribution in [3.63, 3.8) is 0 Å². The largest absolute Gasteiger partial charge is 0.507 e. The van der Waals surface area contributed by atoms with Crippen LogP contribution in [0.15, 0.2) is 57.7 Å². The fraction of sp³-hybridized carbons (Fsp3) is 0.318. The Balaban J connectivity index is 2.01. The topological polar surface area (TPSA) is 72.1 Å². The molecule has 0 amide bonds. The summed E-state index contributed by atoms with van der Waals surface area (Å²) in [5.41, 5.74) is 1.87. The average Bonchev–Trinajstić information content (AvgIpc) is 2.72. The molecule has 0 saturated carbocycles. The van der Waals surface area contributed by atoms with Crippen LogP contribution in [0.4, 0.5) is 0 Å². The molecule has 0 aliphatic carbocycles. The lowest BCUT2D eigenvalue weighted by Crippen LogP contribution is -2.30. The molecule has 148 valence electrons. The Morgan fingerprint density at radius 1 is 1.00 bits per heavy atom. The third kappa shape index (κ3) is 4.59. The number of nitrogens with zero attached hydrogens (tertiary/aromatic N) is 1. The van der Waals surface area contributed by atoms with Crippen molar-refractivity contribution in [3.8, 4) is 16.9 Å². The van der Waals surface area contributed by atoms with Gasteiger partial charge in [-0.05, 0) is 23.8 Å². The predicted molar refractivity (Wildman–Crippen MR) is 109 cm³/mol. The lowest BCUT2D eigenvalue weighted by molar-refractivity contribution is 0.110. The van der Waals surface area contributed by atoms with Crippen LogP contribution in [-0.2, 0) is 16.0 Å². The average molecular weight is 383 g/mol. The molecule has 0 aliphatic heterocycles. The Kier molecular flexibility index (Phi) is 6.81. The molecule has 6 nitrogen and oxygen atoms in total. The summed E-state index contributed by atoms with van der Waals surface area (Å²) in [7, 11) is 3.29. The van der Waals surface area contributed by atoms with Crippen LogP contribution in [0.5, 0.6) is 5.75 Å². The molecule has 0 spiro atoms. The number of phenolic OH excluding ortho intramolecular Hbond substituents is 1. The summed E-state index contributed by atoms with van der Waals surface area (Å²) in [6.45, 7) is 2.86. The number of rotatable bonds is 9. The first kappa shape index (κ1) is 20.1. The maximum absolute atomic E-state index is 12.6. The minimum absolute atomic E-state index is 0.0999. The van der Waals surface area contributed by atoms with E-state index < -0.39 is 5.63 Å². The third-order valence-corrected chi connectivity index (χ3v) is 4.67. The second kappa shape index (κ2) is 9.50. The van der Waals surface area contributed by atoms with E-state index in [4.69, 9.17) is 13.9 Å². The first-order chi connectivity index (χ1) is 13.6. The van der Waals surface area contributed by atoms with Gasteiger partial charge in [0.2, 0.25) is 0 Å². The second-order valence-corrected chi connectivity index (χ2v) is 6.56. The molecule has 0 atom stereocenters. The van der Waals surface area contributed by atoms with Crippen LogP contribution in [0.25, 0.3) is 22.1 Å². The molecule has 28 heavy (non-hydrogen) atoms. The van der Waals surface area contributed by atoms with Gasteiger partial charge in [-0.3, -0.25) is 4.90 Å². The smallest absolute Gasteiger partial charge is 0.344 e. The molecule has 0 saturated heterocycles. The van der Waals surface area contributed by atoms with E-state index in [0.717, 1.165) is 10.9 Å². The Morgan fingerprint density at radius 2 is 1.68 bits per heavy atom. The van der Waals surface area contributed by atoms with E-state index in [1.54, 1.807) is 26.4 Å². The van der Waals surface area contributed by atoms with E-state index in [1.807, 2.05) is 36.4 Å². The Bertz CT molecular complexity index is 960. The highest BCUT2D eigenvalue weighted by molar-refractivity contribution is 5.85. The lowest BCUT2D eigenvalue weighted by Gasteiger charge is -2.22. The summed E-state index contributed by atoms with van der Waals surface area (Å²) in [6.07, 6.45) is 0. The van der Waals surface area contributed by atoms with Crippen molar-refractivity contribution < 1.29 is 19.0 Å². The number of hydrogen-bond acceptors (Lipinski definition) is 6. The van der Waals surface area contributed by atoms with Crippen LogP contribution < -0.4 is 5.63 Å². The van der Waals surface area contributed by atoms with Crippen LogP contribution in [-0.4, -0.2) is 50.5 Å². The van der Waals surface area contributed by atoms with E-state index >= 15 is 0 Å². The number of benzene rings is 2. The number of hydrogen-bond donors (Lipinski definition) is 1. The highest BCUT2D eigenvalue weighted by atomic mass is 16.5. The zero-order valence-corrected chi connectivity index (χ0v) is 16.2. The molecule has 0 unspecified atom stereocenters. The SMILES string of the molecule is COCCN(CCOC)Cc1c(O)ccc2cc(-c3ccccc3)c(=O)oc12. The van der Waals surface area contributed by atoms with Gasteiger partial charge in [0, 0.05) is 39.2 Å². The van der Waals surface area contributed by atoms with E-state index in [2.05, 4.69) is 4.90 Å². The summed E-state index contributed by atoms with van der Waals surface area (Å²) in [4.78, 5) is 14.7. The summed E-state index contributed by atoms with van der Waals surface area (Å²) in [6, 6.07) is 14.6. The molecule has 0 aliphatic rings. The molecule has 2 aromatic carbocycles. The Hall–Kier alpha value is -2.67. The van der Waals surface area contributed by atoms with Gasteiger partial charge in [-0.15, -0.1) is 0 Å². The van der Waals surface area contributed by atoms with Crippen molar-refractivity contribution in [2.45, 2.75) is 6.54 Å². The quantitative estimate of drug-likeness (QED) is 0.572. The van der Waals surface area contributed by atoms with Gasteiger partial charge in [-0.1, -0.05) is 30.3 Å². The van der Waals surface area contributed by atoms with Gasteiger partial charge in [0.1, 0.15) is 11.3 Å².